The Labute approximate surface area is 95.8 Å². The lowest BCUT2D eigenvalue weighted by Crippen LogP contribution is -2.20. The zero-order valence-corrected chi connectivity index (χ0v) is 9.83. The van der Waals surface area contributed by atoms with Gasteiger partial charge in [-0.2, -0.15) is 0 Å². The van der Waals surface area contributed by atoms with Crippen LogP contribution in [-0.4, -0.2) is 13.2 Å². The summed E-state index contributed by atoms with van der Waals surface area (Å²) in [5.41, 5.74) is 1.61. The highest BCUT2D eigenvalue weighted by atomic mass is 16.6. The molecule has 0 unspecified atom stereocenters. The molecule has 16 heavy (non-hydrogen) atoms. The van der Waals surface area contributed by atoms with Crippen LogP contribution < -0.4 is 9.47 Å². The van der Waals surface area contributed by atoms with Gasteiger partial charge >= 0.3 is 0 Å². The number of hydrogen-bond donors (Lipinski definition) is 0. The lowest BCUT2D eigenvalue weighted by Gasteiger charge is -2.28. The molecule has 0 amide bonds. The van der Waals surface area contributed by atoms with Crippen molar-refractivity contribution in [1.29, 1.82) is 0 Å². The van der Waals surface area contributed by atoms with Gasteiger partial charge in [0, 0.05) is 5.56 Å². The summed E-state index contributed by atoms with van der Waals surface area (Å²) in [4.78, 5) is 3.45. The number of ether oxygens (including phenoxy) is 2. The molecule has 0 atom stereocenters. The highest BCUT2D eigenvalue weighted by Gasteiger charge is 2.26. The summed E-state index contributed by atoms with van der Waals surface area (Å²) in [6.07, 6.45) is 0. The van der Waals surface area contributed by atoms with E-state index in [1.54, 1.807) is 6.07 Å². The standard InChI is InChI=1S/C13H15NO2/c1-13(2,3)9-5-6-10(14-4)12-11(9)15-7-8-16-12/h5-6H,7-8H2,1-3H3. The number of benzene rings is 1. The molecule has 0 N–H and O–H groups in total. The third kappa shape index (κ3) is 1.71. The lowest BCUT2D eigenvalue weighted by molar-refractivity contribution is 0.169. The first-order valence-electron chi connectivity index (χ1n) is 5.34. The van der Waals surface area contributed by atoms with Crippen LogP contribution in [0.15, 0.2) is 12.1 Å². The van der Waals surface area contributed by atoms with E-state index in [0.29, 0.717) is 24.7 Å². The smallest absolute Gasteiger partial charge is 0.231 e. The van der Waals surface area contributed by atoms with Gasteiger partial charge in [0.05, 0.1) is 6.57 Å². The molecule has 1 aliphatic heterocycles. The first-order chi connectivity index (χ1) is 7.54. The van der Waals surface area contributed by atoms with Crippen LogP contribution in [0.5, 0.6) is 11.5 Å². The van der Waals surface area contributed by atoms with Crippen LogP contribution in [0.1, 0.15) is 26.3 Å². The molecule has 0 bridgehead atoms. The van der Waals surface area contributed by atoms with E-state index in [4.69, 9.17) is 16.0 Å². The normalized spacial score (nSPS) is 14.4. The SMILES string of the molecule is [C-]#[N+]c1ccc(C(C)(C)C)c2c1OCCO2. The Morgan fingerprint density at radius 2 is 1.75 bits per heavy atom. The van der Waals surface area contributed by atoms with Crippen LogP contribution in [0.4, 0.5) is 5.69 Å². The molecule has 1 aromatic rings. The predicted molar refractivity (Wildman–Crippen MR) is 62.4 cm³/mol. The van der Waals surface area contributed by atoms with Gasteiger partial charge in [-0.05, 0) is 5.41 Å². The summed E-state index contributed by atoms with van der Waals surface area (Å²) < 4.78 is 11.2. The Morgan fingerprint density at radius 3 is 2.31 bits per heavy atom. The van der Waals surface area contributed by atoms with Crippen LogP contribution in [0, 0.1) is 6.57 Å². The molecule has 1 aliphatic rings. The van der Waals surface area contributed by atoms with Crippen LogP contribution in [-0.2, 0) is 5.41 Å². The highest BCUT2D eigenvalue weighted by Crippen LogP contribution is 2.45. The second-order valence-corrected chi connectivity index (χ2v) is 4.85. The average molecular weight is 217 g/mol. The minimum Gasteiger partial charge on any atom is -0.497 e. The molecule has 2 rings (SSSR count). The summed E-state index contributed by atoms with van der Waals surface area (Å²) in [5, 5.41) is 0. The summed E-state index contributed by atoms with van der Waals surface area (Å²) in [5.74, 6) is 1.35. The van der Waals surface area contributed by atoms with E-state index in [9.17, 15) is 0 Å². The first kappa shape index (κ1) is 10.8. The fourth-order valence-electron chi connectivity index (χ4n) is 1.80. The Balaban J connectivity index is 2.63. The van der Waals surface area contributed by atoms with Gasteiger partial charge in [-0.25, -0.2) is 4.85 Å². The Morgan fingerprint density at radius 1 is 1.12 bits per heavy atom. The van der Waals surface area contributed by atoms with Gasteiger partial charge < -0.3 is 9.47 Å². The van der Waals surface area contributed by atoms with Gasteiger partial charge in [-0.3, -0.25) is 0 Å². The van der Waals surface area contributed by atoms with E-state index in [1.807, 2.05) is 6.07 Å². The first-order valence-corrected chi connectivity index (χ1v) is 5.34. The van der Waals surface area contributed by atoms with Crippen molar-refractivity contribution in [2.75, 3.05) is 13.2 Å². The predicted octanol–water partition coefficient (Wildman–Crippen LogP) is 3.31. The van der Waals surface area contributed by atoms with Gasteiger partial charge in [0.1, 0.15) is 13.2 Å². The molecule has 0 radical (unpaired) electrons. The zero-order chi connectivity index (χ0) is 11.8. The fourth-order valence-corrected chi connectivity index (χ4v) is 1.80. The fraction of sp³-hybridized carbons (Fsp3) is 0.462. The molecule has 0 aliphatic carbocycles. The Bertz CT molecular complexity index is 452. The monoisotopic (exact) mass is 217 g/mol. The van der Waals surface area contributed by atoms with Crippen molar-refractivity contribution < 1.29 is 9.47 Å². The number of fused-ring (bicyclic) bond motifs is 1. The molecule has 84 valence electrons. The van der Waals surface area contributed by atoms with Gasteiger partial charge in [-0.1, -0.05) is 32.9 Å². The summed E-state index contributed by atoms with van der Waals surface area (Å²) >= 11 is 0. The van der Waals surface area contributed by atoms with E-state index in [1.165, 1.54) is 0 Å². The van der Waals surface area contributed by atoms with Crippen molar-refractivity contribution in [2.24, 2.45) is 0 Å². The maximum Gasteiger partial charge on any atom is 0.231 e. The van der Waals surface area contributed by atoms with E-state index in [-0.39, 0.29) is 5.41 Å². The minimum absolute atomic E-state index is 0.00859. The molecule has 1 heterocycles. The van der Waals surface area contributed by atoms with E-state index in [2.05, 4.69) is 25.6 Å². The van der Waals surface area contributed by atoms with Gasteiger partial charge in [0.15, 0.2) is 11.5 Å². The van der Waals surface area contributed by atoms with E-state index in [0.717, 1.165) is 11.3 Å². The number of rotatable bonds is 0. The molecule has 0 saturated carbocycles. The second-order valence-electron chi connectivity index (χ2n) is 4.85. The van der Waals surface area contributed by atoms with Crippen molar-refractivity contribution >= 4 is 5.69 Å². The lowest BCUT2D eigenvalue weighted by atomic mass is 9.86. The maximum atomic E-state index is 7.10. The summed E-state index contributed by atoms with van der Waals surface area (Å²) in [6, 6.07) is 3.77. The van der Waals surface area contributed by atoms with Gasteiger partial charge in [-0.15, -0.1) is 0 Å². The Hall–Kier alpha value is -1.69. The van der Waals surface area contributed by atoms with E-state index < -0.39 is 0 Å². The van der Waals surface area contributed by atoms with Gasteiger partial charge in [0.25, 0.3) is 0 Å². The molecular weight excluding hydrogens is 202 g/mol. The Kier molecular flexibility index (Phi) is 2.51. The third-order valence-electron chi connectivity index (χ3n) is 2.60. The highest BCUT2D eigenvalue weighted by molar-refractivity contribution is 5.68. The van der Waals surface area contributed by atoms with Crippen LogP contribution in [0.2, 0.25) is 0 Å². The largest absolute Gasteiger partial charge is 0.497 e. The van der Waals surface area contributed by atoms with Crippen molar-refractivity contribution in [1.82, 2.24) is 0 Å². The van der Waals surface area contributed by atoms with Crippen LogP contribution in [0.3, 0.4) is 0 Å². The molecule has 0 aromatic heterocycles. The van der Waals surface area contributed by atoms with Crippen molar-refractivity contribution in [3.05, 3.63) is 29.1 Å². The number of nitrogens with zero attached hydrogens (tertiary/aromatic N) is 1. The molecule has 0 spiro atoms. The maximum absolute atomic E-state index is 7.10. The molecule has 0 fully saturated rings. The summed E-state index contributed by atoms with van der Waals surface area (Å²) in [7, 11) is 0. The summed E-state index contributed by atoms with van der Waals surface area (Å²) in [6.45, 7) is 14.5. The molecule has 3 heteroatoms. The molecule has 1 aromatic carbocycles. The van der Waals surface area contributed by atoms with Crippen LogP contribution >= 0.6 is 0 Å². The van der Waals surface area contributed by atoms with Crippen molar-refractivity contribution in [2.45, 2.75) is 26.2 Å². The quantitative estimate of drug-likeness (QED) is 0.622. The van der Waals surface area contributed by atoms with Crippen molar-refractivity contribution in [3.8, 4) is 11.5 Å². The molecule has 3 nitrogen and oxygen atoms in total. The topological polar surface area (TPSA) is 22.8 Å². The van der Waals surface area contributed by atoms with Crippen LogP contribution in [0.25, 0.3) is 4.85 Å². The van der Waals surface area contributed by atoms with Gasteiger partial charge in [0.2, 0.25) is 5.69 Å². The molecular formula is C13H15NO2. The van der Waals surface area contributed by atoms with E-state index >= 15 is 0 Å². The molecule has 0 saturated heterocycles. The average Bonchev–Trinajstić information content (AvgIpc) is 2.26. The second kappa shape index (κ2) is 3.71. The third-order valence-corrected chi connectivity index (χ3v) is 2.60. The number of hydrogen-bond acceptors (Lipinski definition) is 2. The zero-order valence-electron chi connectivity index (χ0n) is 9.83. The minimum atomic E-state index is -0.00859. The van der Waals surface area contributed by atoms with Crippen molar-refractivity contribution in [3.63, 3.8) is 0 Å².